The van der Waals surface area contributed by atoms with Crippen molar-refractivity contribution in [3.8, 4) is 11.4 Å². The number of nitro benzene ring substituents is 1. The summed E-state index contributed by atoms with van der Waals surface area (Å²) in [5.74, 6) is 0.295. The fraction of sp³-hybridized carbons (Fsp3) is 0.130. The molecule has 0 aliphatic rings. The Morgan fingerprint density at radius 1 is 1.21 bits per heavy atom. The third-order valence-electron chi connectivity index (χ3n) is 5.16. The summed E-state index contributed by atoms with van der Waals surface area (Å²) in [6, 6.07) is 13.5. The predicted octanol–water partition coefficient (Wildman–Crippen LogP) is 5.64. The number of ether oxygens (including phenoxy) is 1. The van der Waals surface area contributed by atoms with Crippen LogP contribution >= 0.6 is 22.9 Å². The maximum Gasteiger partial charge on any atom is 0.281 e. The van der Waals surface area contributed by atoms with Crippen LogP contribution in [0, 0.1) is 24.0 Å². The molecule has 2 aromatic heterocycles. The van der Waals surface area contributed by atoms with Gasteiger partial charge < -0.3 is 9.30 Å². The quantitative estimate of drug-likeness (QED) is 0.218. The number of benzene rings is 2. The predicted molar refractivity (Wildman–Crippen MR) is 130 cm³/mol. The Kier molecular flexibility index (Phi) is 6.17. The highest BCUT2D eigenvalue weighted by molar-refractivity contribution is 7.20. The molecule has 0 aliphatic carbocycles. The Bertz CT molecular complexity index is 1420. The minimum atomic E-state index is -0.462. The SMILES string of the molecule is COc1ccc(Cl)cc1-n1c(C)cc(C=NNC(=O)c2cc3cc([N+](=O)[O-])ccc3s2)c1C. The van der Waals surface area contributed by atoms with Crippen molar-refractivity contribution in [1.29, 1.82) is 0 Å². The molecule has 1 N–H and O–H groups in total. The van der Waals surface area contributed by atoms with Crippen LogP contribution in [0.4, 0.5) is 5.69 Å². The molecular formula is C23H19ClN4O4S. The molecule has 4 aromatic rings. The zero-order valence-corrected chi connectivity index (χ0v) is 19.5. The van der Waals surface area contributed by atoms with Gasteiger partial charge in [-0.1, -0.05) is 11.6 Å². The second-order valence-corrected chi connectivity index (χ2v) is 8.79. The van der Waals surface area contributed by atoms with Crippen molar-refractivity contribution in [1.82, 2.24) is 9.99 Å². The number of fused-ring (bicyclic) bond motifs is 1. The van der Waals surface area contributed by atoms with Gasteiger partial charge in [-0.3, -0.25) is 14.9 Å². The van der Waals surface area contributed by atoms with E-state index in [1.54, 1.807) is 31.5 Å². The van der Waals surface area contributed by atoms with Crippen LogP contribution in [-0.4, -0.2) is 28.7 Å². The van der Waals surface area contributed by atoms with Gasteiger partial charge in [0.1, 0.15) is 5.75 Å². The molecule has 10 heteroatoms. The molecule has 2 aromatic carbocycles. The van der Waals surface area contributed by atoms with Crippen molar-refractivity contribution in [2.45, 2.75) is 13.8 Å². The molecule has 0 bridgehead atoms. The number of carbonyl (C=O) groups is 1. The van der Waals surface area contributed by atoms with Gasteiger partial charge in [-0.05, 0) is 50.2 Å². The lowest BCUT2D eigenvalue weighted by Crippen LogP contribution is -2.16. The number of amides is 1. The van der Waals surface area contributed by atoms with Crippen LogP contribution in [0.5, 0.6) is 5.75 Å². The fourth-order valence-electron chi connectivity index (χ4n) is 3.60. The topological polar surface area (TPSA) is 98.8 Å². The van der Waals surface area contributed by atoms with Crippen molar-refractivity contribution in [2.75, 3.05) is 7.11 Å². The van der Waals surface area contributed by atoms with Crippen LogP contribution < -0.4 is 10.2 Å². The van der Waals surface area contributed by atoms with Crippen molar-refractivity contribution >= 4 is 50.8 Å². The summed E-state index contributed by atoms with van der Waals surface area (Å²) in [5, 5.41) is 16.3. The number of hydrazone groups is 1. The van der Waals surface area contributed by atoms with Crippen LogP contribution in [0.3, 0.4) is 0 Å². The van der Waals surface area contributed by atoms with Crippen molar-refractivity contribution in [2.24, 2.45) is 5.10 Å². The maximum atomic E-state index is 12.5. The minimum absolute atomic E-state index is 0.0167. The lowest BCUT2D eigenvalue weighted by atomic mass is 10.2. The van der Waals surface area contributed by atoms with E-state index < -0.39 is 4.92 Å². The Hall–Kier alpha value is -3.69. The number of thiophene rings is 1. The Balaban J connectivity index is 1.55. The van der Waals surface area contributed by atoms with Crippen LogP contribution in [0.2, 0.25) is 5.02 Å². The number of hydrogen-bond donors (Lipinski definition) is 1. The number of aryl methyl sites for hydroxylation is 1. The number of nitrogens with one attached hydrogen (secondary N) is 1. The summed E-state index contributed by atoms with van der Waals surface area (Å²) >= 11 is 7.44. The van der Waals surface area contributed by atoms with Crippen LogP contribution in [0.25, 0.3) is 15.8 Å². The minimum Gasteiger partial charge on any atom is -0.495 e. The van der Waals surface area contributed by atoms with E-state index in [9.17, 15) is 14.9 Å². The molecule has 0 saturated heterocycles. The Labute approximate surface area is 198 Å². The van der Waals surface area contributed by atoms with E-state index in [0.717, 1.165) is 27.3 Å². The number of carbonyl (C=O) groups excluding carboxylic acids is 1. The fourth-order valence-corrected chi connectivity index (χ4v) is 4.70. The molecular weight excluding hydrogens is 464 g/mol. The molecule has 168 valence electrons. The molecule has 33 heavy (non-hydrogen) atoms. The van der Waals surface area contributed by atoms with Gasteiger partial charge in [0.2, 0.25) is 0 Å². The second-order valence-electron chi connectivity index (χ2n) is 7.27. The van der Waals surface area contributed by atoms with Crippen LogP contribution in [-0.2, 0) is 0 Å². The molecule has 0 unspecified atom stereocenters. The lowest BCUT2D eigenvalue weighted by molar-refractivity contribution is -0.384. The average molecular weight is 483 g/mol. The van der Waals surface area contributed by atoms with Gasteiger partial charge in [0, 0.05) is 44.2 Å². The van der Waals surface area contributed by atoms with Gasteiger partial charge >= 0.3 is 0 Å². The van der Waals surface area contributed by atoms with Gasteiger partial charge in [0.05, 0.1) is 28.8 Å². The van der Waals surface area contributed by atoms with E-state index in [-0.39, 0.29) is 11.6 Å². The molecule has 1 amide bonds. The normalized spacial score (nSPS) is 11.3. The molecule has 0 saturated carbocycles. The van der Waals surface area contributed by atoms with Gasteiger partial charge in [-0.25, -0.2) is 5.43 Å². The van der Waals surface area contributed by atoms with E-state index in [4.69, 9.17) is 16.3 Å². The second kappa shape index (κ2) is 9.05. The first-order valence-electron chi connectivity index (χ1n) is 9.82. The number of nitro groups is 1. The molecule has 2 heterocycles. The summed E-state index contributed by atoms with van der Waals surface area (Å²) in [4.78, 5) is 23.4. The standard InChI is InChI=1S/C23H19ClN4O4S/c1-13-8-16(14(2)27(13)19-11-17(24)4-6-20(19)32-3)12-25-26-23(29)22-10-15-9-18(28(30)31)5-7-21(15)33-22/h4-12H,1-3H3,(H,26,29). The van der Waals surface area contributed by atoms with Gasteiger partial charge in [0.25, 0.3) is 11.6 Å². The number of aromatic nitrogens is 1. The smallest absolute Gasteiger partial charge is 0.281 e. The molecule has 0 aliphatic heterocycles. The number of methoxy groups -OCH3 is 1. The van der Waals surface area contributed by atoms with Crippen molar-refractivity contribution in [3.63, 3.8) is 0 Å². The van der Waals surface area contributed by atoms with E-state index in [1.807, 2.05) is 36.6 Å². The third-order valence-corrected chi connectivity index (χ3v) is 6.51. The Morgan fingerprint density at radius 2 is 2.00 bits per heavy atom. The molecule has 0 fully saturated rings. The highest BCUT2D eigenvalue weighted by Gasteiger charge is 2.15. The summed E-state index contributed by atoms with van der Waals surface area (Å²) < 4.78 is 8.27. The van der Waals surface area contributed by atoms with E-state index >= 15 is 0 Å². The summed E-state index contributed by atoms with van der Waals surface area (Å²) in [5.41, 5.74) is 5.99. The van der Waals surface area contributed by atoms with Crippen LogP contribution in [0.15, 0.2) is 53.6 Å². The van der Waals surface area contributed by atoms with Gasteiger partial charge in [-0.15, -0.1) is 11.3 Å². The number of hydrogen-bond acceptors (Lipinski definition) is 6. The first-order chi connectivity index (χ1) is 15.8. The number of rotatable bonds is 6. The Morgan fingerprint density at radius 3 is 2.73 bits per heavy atom. The van der Waals surface area contributed by atoms with E-state index in [1.165, 1.54) is 23.5 Å². The highest BCUT2D eigenvalue weighted by atomic mass is 35.5. The third kappa shape index (κ3) is 4.46. The number of non-ortho nitro benzene ring substituents is 1. The molecule has 8 nitrogen and oxygen atoms in total. The molecule has 0 atom stereocenters. The summed E-state index contributed by atoms with van der Waals surface area (Å²) in [6.45, 7) is 3.90. The van der Waals surface area contributed by atoms with Crippen molar-refractivity contribution < 1.29 is 14.5 Å². The monoisotopic (exact) mass is 482 g/mol. The first kappa shape index (κ1) is 22.5. The average Bonchev–Trinajstić information content (AvgIpc) is 3.33. The van der Waals surface area contributed by atoms with Gasteiger partial charge in [-0.2, -0.15) is 5.10 Å². The number of nitrogens with zero attached hydrogens (tertiary/aromatic N) is 3. The largest absolute Gasteiger partial charge is 0.495 e. The summed E-state index contributed by atoms with van der Waals surface area (Å²) in [7, 11) is 1.60. The lowest BCUT2D eigenvalue weighted by Gasteiger charge is -2.14. The number of halogens is 1. The van der Waals surface area contributed by atoms with Crippen LogP contribution in [0.1, 0.15) is 26.6 Å². The summed E-state index contributed by atoms with van der Waals surface area (Å²) in [6.07, 6.45) is 1.58. The molecule has 0 spiro atoms. The zero-order valence-electron chi connectivity index (χ0n) is 18.0. The van der Waals surface area contributed by atoms with E-state index in [0.29, 0.717) is 21.0 Å². The maximum absolute atomic E-state index is 12.5. The highest BCUT2D eigenvalue weighted by Crippen LogP contribution is 2.31. The van der Waals surface area contributed by atoms with Crippen molar-refractivity contribution in [3.05, 3.63) is 85.5 Å². The zero-order chi connectivity index (χ0) is 23.7. The first-order valence-corrected chi connectivity index (χ1v) is 11.0. The molecule has 0 radical (unpaired) electrons. The molecule has 4 rings (SSSR count). The van der Waals surface area contributed by atoms with E-state index in [2.05, 4.69) is 10.5 Å². The van der Waals surface area contributed by atoms with Gasteiger partial charge in [0.15, 0.2) is 0 Å².